The molecule has 11 heteroatoms. The van der Waals surface area contributed by atoms with E-state index in [2.05, 4.69) is 0 Å². The van der Waals surface area contributed by atoms with Crippen LogP contribution in [-0.2, 0) is 10.0 Å². The Labute approximate surface area is 229 Å². The Bertz CT molecular complexity index is 1520. The summed E-state index contributed by atoms with van der Waals surface area (Å²) in [4.78, 5) is 0.104. The molecule has 1 unspecified atom stereocenters. The maximum Gasteiger partial charge on any atom is 0.249 e. The Kier molecular flexibility index (Phi) is 7.77. The molecule has 2 heterocycles. The second-order valence-corrected chi connectivity index (χ2v) is 12.3. The minimum Gasteiger partial charge on any atom is -0.395 e. The van der Waals surface area contributed by atoms with E-state index < -0.39 is 50.0 Å². The Morgan fingerprint density at radius 3 is 2.08 bits per heavy atom. The number of benzene rings is 3. The van der Waals surface area contributed by atoms with Gasteiger partial charge in [-0.05, 0) is 61.1 Å². The van der Waals surface area contributed by atoms with Crippen LogP contribution in [0.15, 0.2) is 47.4 Å². The summed E-state index contributed by atoms with van der Waals surface area (Å²) in [6.07, 6.45) is 0.833. The third kappa shape index (κ3) is 4.62. The van der Waals surface area contributed by atoms with Crippen LogP contribution in [0.2, 0.25) is 0 Å². The van der Waals surface area contributed by atoms with Gasteiger partial charge in [0.15, 0.2) is 28.2 Å². The maximum absolute atomic E-state index is 14.5. The number of halogens is 5. The number of aliphatic hydroxyl groups is 1. The molecule has 1 N–H and O–H groups in total. The average Bonchev–Trinajstić information content (AvgIpc) is 2.91. The fourth-order valence-electron chi connectivity index (χ4n) is 6.02. The van der Waals surface area contributed by atoms with Crippen LogP contribution in [0.5, 0.6) is 0 Å². The summed E-state index contributed by atoms with van der Waals surface area (Å²) < 4.78 is 98.0. The van der Waals surface area contributed by atoms with E-state index in [1.165, 1.54) is 0 Å². The number of hydrogen-bond acceptors (Lipinski definition) is 4. The van der Waals surface area contributed by atoms with Gasteiger partial charge in [0.2, 0.25) is 15.8 Å². The van der Waals surface area contributed by atoms with E-state index >= 15 is 0 Å². The summed E-state index contributed by atoms with van der Waals surface area (Å²) in [5.41, 5.74) is 5.22. The maximum atomic E-state index is 14.5. The second-order valence-electron chi connectivity index (χ2n) is 10.4. The van der Waals surface area contributed by atoms with Crippen molar-refractivity contribution >= 4 is 10.0 Å². The molecule has 0 saturated carbocycles. The van der Waals surface area contributed by atoms with Gasteiger partial charge in [0.1, 0.15) is 0 Å². The first kappa shape index (κ1) is 28.7. The molecule has 5 rings (SSSR count). The highest BCUT2D eigenvalue weighted by Crippen LogP contribution is 2.43. The van der Waals surface area contributed by atoms with Crippen molar-refractivity contribution < 1.29 is 35.5 Å². The van der Waals surface area contributed by atoms with Gasteiger partial charge in [0, 0.05) is 31.1 Å². The van der Waals surface area contributed by atoms with Crippen LogP contribution in [0.1, 0.15) is 35.4 Å². The lowest BCUT2D eigenvalue weighted by Gasteiger charge is -2.57. The van der Waals surface area contributed by atoms with Crippen LogP contribution in [-0.4, -0.2) is 61.1 Å². The standard InChI is InChI=1S/C29H29F5N2O3S/c1-16-6-5-7-20(17(16)2)18-8-10-19(11-9-18)23-21-14-35(12-3-4-13-36(21)22(23)15-37)40(38,39)29-27(33)25(31)24(30)26(32)28(29)34/h5-11,21-23,37H,3-4,12-15H2,1-2H3/t21-,22?,23-/m0/s1. The third-order valence-corrected chi connectivity index (χ3v) is 10.2. The molecule has 214 valence electrons. The van der Waals surface area contributed by atoms with Crippen molar-refractivity contribution in [2.75, 3.05) is 26.2 Å². The van der Waals surface area contributed by atoms with Crippen molar-refractivity contribution in [1.29, 1.82) is 0 Å². The third-order valence-electron chi connectivity index (χ3n) is 8.31. The van der Waals surface area contributed by atoms with E-state index in [4.69, 9.17) is 0 Å². The fraction of sp³-hybridized carbons (Fsp3) is 0.379. The summed E-state index contributed by atoms with van der Waals surface area (Å²) >= 11 is 0. The predicted molar refractivity (Wildman–Crippen MR) is 140 cm³/mol. The quantitative estimate of drug-likeness (QED) is 0.254. The van der Waals surface area contributed by atoms with Gasteiger partial charge < -0.3 is 5.11 Å². The second kappa shape index (κ2) is 10.8. The van der Waals surface area contributed by atoms with E-state index in [1.807, 2.05) is 61.2 Å². The zero-order valence-corrected chi connectivity index (χ0v) is 22.8. The molecule has 3 aromatic carbocycles. The number of nitrogens with zero attached hydrogens (tertiary/aromatic N) is 2. The van der Waals surface area contributed by atoms with Crippen LogP contribution in [0.3, 0.4) is 0 Å². The number of fused-ring (bicyclic) bond motifs is 1. The van der Waals surface area contributed by atoms with Crippen LogP contribution in [0, 0.1) is 42.9 Å². The molecule has 0 aliphatic carbocycles. The highest BCUT2D eigenvalue weighted by molar-refractivity contribution is 7.89. The molecule has 3 atom stereocenters. The van der Waals surface area contributed by atoms with Gasteiger partial charge in [0.05, 0.1) is 6.61 Å². The molecule has 2 fully saturated rings. The first-order valence-electron chi connectivity index (χ1n) is 13.0. The first-order chi connectivity index (χ1) is 19.0. The first-order valence-corrected chi connectivity index (χ1v) is 14.5. The van der Waals surface area contributed by atoms with Crippen molar-refractivity contribution in [3.8, 4) is 11.1 Å². The highest BCUT2D eigenvalue weighted by atomic mass is 32.2. The van der Waals surface area contributed by atoms with Gasteiger partial charge >= 0.3 is 0 Å². The van der Waals surface area contributed by atoms with Crippen LogP contribution < -0.4 is 0 Å². The zero-order chi connectivity index (χ0) is 28.9. The summed E-state index contributed by atoms with van der Waals surface area (Å²) in [7, 11) is -5.08. The SMILES string of the molecule is Cc1cccc(-c2ccc([C@@H]3C(CO)N4CCCCN(S(=O)(=O)c5c(F)c(F)c(F)c(F)c5F)C[C@@H]34)cc2)c1C. The summed E-state index contributed by atoms with van der Waals surface area (Å²) in [6, 6.07) is 13.0. The topological polar surface area (TPSA) is 60.9 Å². The lowest BCUT2D eigenvalue weighted by Crippen LogP contribution is -2.67. The molecule has 0 radical (unpaired) electrons. The van der Waals surface area contributed by atoms with Gasteiger partial charge in [-0.15, -0.1) is 0 Å². The zero-order valence-electron chi connectivity index (χ0n) is 22.0. The van der Waals surface area contributed by atoms with Crippen LogP contribution in [0.25, 0.3) is 11.1 Å². The monoisotopic (exact) mass is 580 g/mol. The van der Waals surface area contributed by atoms with E-state index in [0.717, 1.165) is 32.1 Å². The molecule has 0 spiro atoms. The Morgan fingerprint density at radius 1 is 0.850 bits per heavy atom. The number of rotatable bonds is 5. The molecule has 0 aromatic heterocycles. The van der Waals surface area contributed by atoms with Gasteiger partial charge in [-0.1, -0.05) is 42.5 Å². The van der Waals surface area contributed by atoms with Crippen molar-refractivity contribution in [1.82, 2.24) is 9.21 Å². The van der Waals surface area contributed by atoms with E-state index in [0.29, 0.717) is 19.4 Å². The van der Waals surface area contributed by atoms with Gasteiger partial charge in [-0.3, -0.25) is 4.90 Å². The largest absolute Gasteiger partial charge is 0.395 e. The minimum atomic E-state index is -5.08. The molecule has 0 bridgehead atoms. The molecule has 2 aliphatic heterocycles. The van der Waals surface area contributed by atoms with Gasteiger partial charge in [-0.2, -0.15) is 4.31 Å². The summed E-state index contributed by atoms with van der Waals surface area (Å²) in [5, 5.41) is 10.2. The average molecular weight is 581 g/mol. The van der Waals surface area contributed by atoms with E-state index in [-0.39, 0.29) is 31.7 Å². The molecule has 5 nitrogen and oxygen atoms in total. The van der Waals surface area contributed by atoms with Crippen molar-refractivity contribution in [3.63, 3.8) is 0 Å². The molecule has 0 amide bonds. The lowest BCUT2D eigenvalue weighted by atomic mass is 9.74. The Hall–Kier alpha value is -2.86. The highest BCUT2D eigenvalue weighted by Gasteiger charge is 2.51. The molecule has 40 heavy (non-hydrogen) atoms. The number of aliphatic hydroxyl groups excluding tert-OH is 1. The van der Waals surface area contributed by atoms with E-state index in [1.54, 1.807) is 0 Å². The summed E-state index contributed by atoms with van der Waals surface area (Å²) in [6.45, 7) is 4.07. The summed E-state index contributed by atoms with van der Waals surface area (Å²) in [5.74, 6) is -12.1. The lowest BCUT2D eigenvalue weighted by molar-refractivity contribution is -0.0554. The molecule has 3 aromatic rings. The Balaban J connectivity index is 1.49. The van der Waals surface area contributed by atoms with Crippen molar-refractivity contribution in [3.05, 3.63) is 88.2 Å². The number of sulfonamides is 1. The Morgan fingerprint density at radius 2 is 1.45 bits per heavy atom. The fourth-order valence-corrected chi connectivity index (χ4v) is 7.62. The molecular weight excluding hydrogens is 551 g/mol. The normalized spacial score (nSPS) is 22.4. The number of hydrogen-bond donors (Lipinski definition) is 1. The number of aryl methyl sites for hydroxylation is 1. The van der Waals surface area contributed by atoms with Crippen molar-refractivity contribution in [2.24, 2.45) is 0 Å². The molecular formula is C29H29F5N2O3S. The van der Waals surface area contributed by atoms with E-state index in [9.17, 15) is 35.5 Å². The smallest absolute Gasteiger partial charge is 0.249 e. The minimum absolute atomic E-state index is 0.145. The predicted octanol–water partition coefficient (Wildman–Crippen LogP) is 5.28. The van der Waals surface area contributed by atoms with Crippen LogP contribution in [0.4, 0.5) is 22.0 Å². The van der Waals surface area contributed by atoms with Gasteiger partial charge in [-0.25, -0.2) is 30.4 Å². The van der Waals surface area contributed by atoms with Gasteiger partial charge in [0.25, 0.3) is 0 Å². The van der Waals surface area contributed by atoms with Crippen LogP contribution >= 0.6 is 0 Å². The molecule has 2 saturated heterocycles. The molecule has 2 aliphatic rings. The van der Waals surface area contributed by atoms with Crippen molar-refractivity contribution in [2.45, 2.75) is 49.6 Å².